The number of aromatic nitrogens is 1. The fourth-order valence-corrected chi connectivity index (χ4v) is 2.70. The van der Waals surface area contributed by atoms with Crippen molar-refractivity contribution >= 4 is 33.9 Å². The molecule has 1 aromatic heterocycles. The van der Waals surface area contributed by atoms with Crippen molar-refractivity contribution in [1.29, 1.82) is 0 Å². The lowest BCUT2D eigenvalue weighted by Gasteiger charge is -2.14. The quantitative estimate of drug-likeness (QED) is 0.690. The molecule has 2 aromatic carbocycles. The summed E-state index contributed by atoms with van der Waals surface area (Å²) >= 11 is 6.14. The summed E-state index contributed by atoms with van der Waals surface area (Å²) in [6.45, 7) is 4.16. The predicted molar refractivity (Wildman–Crippen MR) is 90.6 cm³/mol. The normalized spacial score (nSPS) is 10.8. The van der Waals surface area contributed by atoms with Crippen molar-refractivity contribution in [3.05, 3.63) is 64.8 Å². The van der Waals surface area contributed by atoms with Crippen LogP contribution in [0.3, 0.4) is 0 Å². The van der Waals surface area contributed by atoms with Gasteiger partial charge in [0.2, 0.25) is 0 Å². The molecule has 0 spiro atoms. The number of pyridine rings is 1. The lowest BCUT2D eigenvalue weighted by molar-refractivity contribution is 1.14. The Hall–Kier alpha value is -2.06. The van der Waals surface area contributed by atoms with Gasteiger partial charge in [0, 0.05) is 27.5 Å². The van der Waals surface area contributed by atoms with Gasteiger partial charge in [-0.05, 0) is 49.2 Å². The molecule has 1 N–H and O–H groups in total. The maximum absolute atomic E-state index is 6.14. The smallest absolute Gasteiger partial charge is 0.0727 e. The number of hydrogen-bond acceptors (Lipinski definition) is 2. The van der Waals surface area contributed by atoms with Crippen LogP contribution in [0.5, 0.6) is 0 Å². The number of nitrogens with one attached hydrogen (secondary N) is 1. The van der Waals surface area contributed by atoms with Crippen molar-refractivity contribution in [2.45, 2.75) is 20.3 Å². The zero-order valence-corrected chi connectivity index (χ0v) is 12.9. The standard InChI is InChI=1S/C18H17ClN2/c1-3-13-6-4-5-7-16(13)21-18-10-12(2)20-17-9-8-14(19)11-15(17)18/h4-11H,3H2,1-2H3,(H,20,21). The van der Waals surface area contributed by atoms with E-state index in [1.807, 2.05) is 31.2 Å². The first-order valence-electron chi connectivity index (χ1n) is 7.09. The third-order valence-corrected chi connectivity index (χ3v) is 3.80. The number of nitrogens with zero attached hydrogens (tertiary/aromatic N) is 1. The van der Waals surface area contributed by atoms with Crippen LogP contribution in [0.25, 0.3) is 10.9 Å². The van der Waals surface area contributed by atoms with E-state index < -0.39 is 0 Å². The van der Waals surface area contributed by atoms with Crippen LogP contribution in [0.2, 0.25) is 5.02 Å². The molecule has 2 nitrogen and oxygen atoms in total. The van der Waals surface area contributed by atoms with Gasteiger partial charge in [0.15, 0.2) is 0 Å². The summed E-state index contributed by atoms with van der Waals surface area (Å²) in [5, 5.41) is 5.30. The highest BCUT2D eigenvalue weighted by molar-refractivity contribution is 6.31. The molecule has 0 fully saturated rings. The van der Waals surface area contributed by atoms with Gasteiger partial charge in [0.05, 0.1) is 5.52 Å². The molecule has 0 aliphatic rings. The van der Waals surface area contributed by atoms with Crippen molar-refractivity contribution in [1.82, 2.24) is 4.98 Å². The Labute approximate surface area is 129 Å². The van der Waals surface area contributed by atoms with Crippen molar-refractivity contribution in [2.75, 3.05) is 5.32 Å². The number of halogens is 1. The molecule has 21 heavy (non-hydrogen) atoms. The molecule has 3 heteroatoms. The van der Waals surface area contributed by atoms with E-state index in [0.29, 0.717) is 0 Å². The third kappa shape index (κ3) is 2.86. The molecule has 0 saturated carbocycles. The molecule has 106 valence electrons. The predicted octanol–water partition coefficient (Wildman–Crippen LogP) is 5.50. The molecular formula is C18H17ClN2. The second-order valence-electron chi connectivity index (χ2n) is 5.11. The minimum atomic E-state index is 0.722. The number of rotatable bonds is 3. The molecule has 0 bridgehead atoms. The van der Waals surface area contributed by atoms with Crippen LogP contribution in [0.4, 0.5) is 11.4 Å². The van der Waals surface area contributed by atoms with Crippen molar-refractivity contribution in [3.8, 4) is 0 Å². The molecule has 0 unspecified atom stereocenters. The summed E-state index contributed by atoms with van der Waals surface area (Å²) in [6, 6.07) is 16.2. The van der Waals surface area contributed by atoms with Gasteiger partial charge < -0.3 is 5.32 Å². The van der Waals surface area contributed by atoms with E-state index in [0.717, 1.165) is 39.4 Å². The van der Waals surface area contributed by atoms with E-state index in [9.17, 15) is 0 Å². The average Bonchev–Trinajstić information content (AvgIpc) is 2.48. The molecule has 3 rings (SSSR count). The first-order valence-corrected chi connectivity index (χ1v) is 7.47. The van der Waals surface area contributed by atoms with Crippen LogP contribution < -0.4 is 5.32 Å². The van der Waals surface area contributed by atoms with Gasteiger partial charge in [-0.25, -0.2) is 0 Å². The Bertz CT molecular complexity index is 796. The molecule has 0 aliphatic carbocycles. The number of hydrogen-bond donors (Lipinski definition) is 1. The molecule has 0 radical (unpaired) electrons. The summed E-state index contributed by atoms with van der Waals surface area (Å²) in [6.07, 6.45) is 0.992. The van der Waals surface area contributed by atoms with E-state index >= 15 is 0 Å². The van der Waals surface area contributed by atoms with E-state index in [1.54, 1.807) is 0 Å². The monoisotopic (exact) mass is 296 g/mol. The Balaban J connectivity index is 2.13. The first kappa shape index (κ1) is 13.9. The highest BCUT2D eigenvalue weighted by atomic mass is 35.5. The molecule has 1 heterocycles. The van der Waals surface area contributed by atoms with Gasteiger partial charge >= 0.3 is 0 Å². The molecular weight excluding hydrogens is 280 g/mol. The van der Waals surface area contributed by atoms with Gasteiger partial charge in [-0.15, -0.1) is 0 Å². The Morgan fingerprint density at radius 3 is 2.67 bits per heavy atom. The van der Waals surface area contributed by atoms with Crippen LogP contribution in [0, 0.1) is 6.92 Å². The van der Waals surface area contributed by atoms with Crippen LogP contribution in [0.15, 0.2) is 48.5 Å². The molecule has 0 saturated heterocycles. The molecule has 0 aliphatic heterocycles. The van der Waals surface area contributed by atoms with Gasteiger partial charge in [0.1, 0.15) is 0 Å². The Kier molecular flexibility index (Phi) is 3.80. The number of benzene rings is 2. The van der Waals surface area contributed by atoms with Crippen LogP contribution in [-0.4, -0.2) is 4.98 Å². The first-order chi connectivity index (χ1) is 10.2. The summed E-state index contributed by atoms with van der Waals surface area (Å²) in [4.78, 5) is 4.56. The minimum absolute atomic E-state index is 0.722. The topological polar surface area (TPSA) is 24.9 Å². The zero-order valence-electron chi connectivity index (χ0n) is 12.2. The fourth-order valence-electron chi connectivity index (χ4n) is 2.53. The maximum Gasteiger partial charge on any atom is 0.0727 e. The van der Waals surface area contributed by atoms with E-state index in [4.69, 9.17) is 11.6 Å². The van der Waals surface area contributed by atoms with Crippen LogP contribution in [-0.2, 0) is 6.42 Å². The van der Waals surface area contributed by atoms with Gasteiger partial charge in [-0.1, -0.05) is 36.7 Å². The zero-order chi connectivity index (χ0) is 14.8. The third-order valence-electron chi connectivity index (χ3n) is 3.57. The number of fused-ring (bicyclic) bond motifs is 1. The second-order valence-corrected chi connectivity index (χ2v) is 5.54. The summed E-state index contributed by atoms with van der Waals surface area (Å²) in [7, 11) is 0. The maximum atomic E-state index is 6.14. The summed E-state index contributed by atoms with van der Waals surface area (Å²) < 4.78 is 0. The van der Waals surface area contributed by atoms with Crippen molar-refractivity contribution < 1.29 is 0 Å². The summed E-state index contributed by atoms with van der Waals surface area (Å²) in [5.74, 6) is 0. The fraction of sp³-hybridized carbons (Fsp3) is 0.167. The lowest BCUT2D eigenvalue weighted by atomic mass is 10.1. The van der Waals surface area contributed by atoms with Gasteiger partial charge in [0.25, 0.3) is 0 Å². The Morgan fingerprint density at radius 2 is 1.86 bits per heavy atom. The van der Waals surface area contributed by atoms with E-state index in [-0.39, 0.29) is 0 Å². The molecule has 0 atom stereocenters. The minimum Gasteiger partial charge on any atom is -0.355 e. The lowest BCUT2D eigenvalue weighted by Crippen LogP contribution is -1.97. The van der Waals surface area contributed by atoms with Crippen LogP contribution in [0.1, 0.15) is 18.2 Å². The number of anilines is 2. The molecule has 0 amide bonds. The number of para-hydroxylation sites is 1. The van der Waals surface area contributed by atoms with Gasteiger partial charge in [-0.2, -0.15) is 0 Å². The highest BCUT2D eigenvalue weighted by Gasteiger charge is 2.07. The highest BCUT2D eigenvalue weighted by Crippen LogP contribution is 2.30. The number of aryl methyl sites for hydroxylation is 2. The Morgan fingerprint density at radius 1 is 1.05 bits per heavy atom. The van der Waals surface area contributed by atoms with E-state index in [1.165, 1.54) is 5.56 Å². The van der Waals surface area contributed by atoms with Crippen LogP contribution >= 0.6 is 11.6 Å². The molecule has 3 aromatic rings. The second kappa shape index (κ2) is 5.74. The van der Waals surface area contributed by atoms with Gasteiger partial charge in [-0.3, -0.25) is 4.98 Å². The van der Waals surface area contributed by atoms with Crippen molar-refractivity contribution in [3.63, 3.8) is 0 Å². The van der Waals surface area contributed by atoms with Crippen molar-refractivity contribution in [2.24, 2.45) is 0 Å². The van der Waals surface area contributed by atoms with E-state index in [2.05, 4.69) is 41.5 Å². The average molecular weight is 297 g/mol. The summed E-state index contributed by atoms with van der Waals surface area (Å²) in [5.41, 5.74) is 5.41. The largest absolute Gasteiger partial charge is 0.355 e. The SMILES string of the molecule is CCc1ccccc1Nc1cc(C)nc2ccc(Cl)cc12.